The minimum Gasteiger partial charge on any atom is -0.349 e. The zero-order valence-electron chi connectivity index (χ0n) is 14.9. The van der Waals surface area contributed by atoms with E-state index in [1.165, 1.54) is 47.7 Å². The van der Waals surface area contributed by atoms with Crippen molar-refractivity contribution in [3.8, 4) is 0 Å². The number of thioether (sulfide) groups is 1. The number of hydrogen-bond acceptors (Lipinski definition) is 2. The first-order chi connectivity index (χ1) is 12.5. The minimum absolute atomic E-state index is 0.0132. The van der Waals surface area contributed by atoms with Crippen LogP contribution >= 0.6 is 35.0 Å². The van der Waals surface area contributed by atoms with Gasteiger partial charge in [0.05, 0.1) is 11.8 Å². The third kappa shape index (κ3) is 4.97. The van der Waals surface area contributed by atoms with E-state index in [1.54, 1.807) is 0 Å². The maximum Gasteiger partial charge on any atom is 0.230 e. The first kappa shape index (κ1) is 19.6. The van der Waals surface area contributed by atoms with Gasteiger partial charge in [0.1, 0.15) is 0 Å². The van der Waals surface area contributed by atoms with E-state index >= 15 is 0 Å². The van der Waals surface area contributed by atoms with Gasteiger partial charge in [-0.2, -0.15) is 0 Å². The molecule has 0 saturated carbocycles. The van der Waals surface area contributed by atoms with E-state index in [9.17, 15) is 4.79 Å². The van der Waals surface area contributed by atoms with Crippen LogP contribution in [0.2, 0.25) is 10.0 Å². The molecule has 138 valence electrons. The van der Waals surface area contributed by atoms with Crippen molar-refractivity contribution in [2.75, 3.05) is 5.75 Å². The largest absolute Gasteiger partial charge is 0.349 e. The summed E-state index contributed by atoms with van der Waals surface area (Å²) < 4.78 is 0. The molecule has 1 N–H and O–H groups in total. The molecule has 0 heterocycles. The summed E-state index contributed by atoms with van der Waals surface area (Å²) >= 11 is 13.9. The Morgan fingerprint density at radius 3 is 2.54 bits per heavy atom. The number of aryl methyl sites for hydroxylation is 2. The van der Waals surface area contributed by atoms with Crippen molar-refractivity contribution < 1.29 is 4.79 Å². The molecule has 0 aliphatic heterocycles. The molecule has 1 amide bonds. The molecule has 1 aliphatic rings. The van der Waals surface area contributed by atoms with E-state index < -0.39 is 0 Å². The van der Waals surface area contributed by atoms with Crippen LogP contribution in [0.25, 0.3) is 0 Å². The molecule has 0 aromatic heterocycles. The van der Waals surface area contributed by atoms with E-state index in [4.69, 9.17) is 23.2 Å². The van der Waals surface area contributed by atoms with Crippen molar-refractivity contribution in [2.45, 2.75) is 44.4 Å². The van der Waals surface area contributed by atoms with Crippen LogP contribution in [0.1, 0.15) is 48.1 Å². The third-order valence-electron chi connectivity index (χ3n) is 4.79. The first-order valence-electron chi connectivity index (χ1n) is 8.96. The number of hydrogen-bond donors (Lipinski definition) is 1. The lowest BCUT2D eigenvalue weighted by Gasteiger charge is -2.20. The highest BCUT2D eigenvalue weighted by Crippen LogP contribution is 2.28. The number of fused-ring (bicyclic) bond motifs is 1. The average Bonchev–Trinajstić information content (AvgIpc) is 2.63. The lowest BCUT2D eigenvalue weighted by molar-refractivity contribution is -0.119. The molecule has 2 aromatic rings. The van der Waals surface area contributed by atoms with Gasteiger partial charge in [0.15, 0.2) is 0 Å². The topological polar surface area (TPSA) is 29.1 Å². The van der Waals surface area contributed by atoms with E-state index in [0.717, 1.165) is 12.0 Å². The standard InChI is InChI=1S/C21H23Cl2NOS/c1-14(16-10-9-15-5-2-3-6-17(15)11-16)24-21(25)13-26-12-18-19(22)7-4-8-20(18)23/h4,7-11,14H,2-3,5-6,12-13H2,1H3,(H,24,25)/t14-/m1/s1. The van der Waals surface area contributed by atoms with E-state index in [2.05, 4.69) is 23.5 Å². The Morgan fingerprint density at radius 1 is 1.12 bits per heavy atom. The maximum absolute atomic E-state index is 12.3. The van der Waals surface area contributed by atoms with Gasteiger partial charge in [-0.25, -0.2) is 0 Å². The predicted octanol–water partition coefficient (Wildman–Crippen LogP) is 5.98. The quantitative estimate of drug-likeness (QED) is 0.637. The van der Waals surface area contributed by atoms with Crippen molar-refractivity contribution in [1.29, 1.82) is 0 Å². The molecule has 1 aliphatic carbocycles. The van der Waals surface area contributed by atoms with Gasteiger partial charge in [0.25, 0.3) is 0 Å². The molecule has 3 rings (SSSR count). The van der Waals surface area contributed by atoms with E-state index in [-0.39, 0.29) is 11.9 Å². The number of nitrogens with one attached hydrogen (secondary N) is 1. The van der Waals surface area contributed by atoms with Gasteiger partial charge < -0.3 is 5.32 Å². The van der Waals surface area contributed by atoms with Gasteiger partial charge in [-0.3, -0.25) is 4.79 Å². The molecule has 0 fully saturated rings. The SMILES string of the molecule is C[C@@H](NC(=O)CSCc1c(Cl)cccc1Cl)c1ccc2c(c1)CCCC2. The minimum atomic E-state index is 0.0132. The molecule has 0 radical (unpaired) electrons. The summed E-state index contributed by atoms with van der Waals surface area (Å²) in [5, 5.41) is 4.39. The summed E-state index contributed by atoms with van der Waals surface area (Å²) in [7, 11) is 0. The Morgan fingerprint density at radius 2 is 1.81 bits per heavy atom. The molecule has 0 spiro atoms. The van der Waals surface area contributed by atoms with Gasteiger partial charge in [0.2, 0.25) is 5.91 Å². The predicted molar refractivity (Wildman–Crippen MR) is 112 cm³/mol. The molecular weight excluding hydrogens is 385 g/mol. The fraction of sp³-hybridized carbons (Fsp3) is 0.381. The first-order valence-corrected chi connectivity index (χ1v) is 10.9. The van der Waals surface area contributed by atoms with E-state index in [1.807, 2.05) is 25.1 Å². The summed E-state index contributed by atoms with van der Waals surface area (Å²) in [4.78, 5) is 12.3. The summed E-state index contributed by atoms with van der Waals surface area (Å²) in [6, 6.07) is 12.1. The number of benzene rings is 2. The second-order valence-corrected chi connectivity index (χ2v) is 8.52. The third-order valence-corrected chi connectivity index (χ3v) is 6.46. The van der Waals surface area contributed by atoms with Crippen molar-refractivity contribution in [3.05, 3.63) is 68.7 Å². The molecule has 5 heteroatoms. The van der Waals surface area contributed by atoms with Gasteiger partial charge in [0, 0.05) is 15.8 Å². The second-order valence-electron chi connectivity index (χ2n) is 6.72. The van der Waals surface area contributed by atoms with Crippen LogP contribution in [0, 0.1) is 0 Å². The fourth-order valence-electron chi connectivity index (χ4n) is 3.31. The summed E-state index contributed by atoms with van der Waals surface area (Å²) in [5.41, 5.74) is 4.97. The Balaban J connectivity index is 1.51. The van der Waals surface area contributed by atoms with Crippen LogP contribution in [-0.4, -0.2) is 11.7 Å². The molecule has 0 unspecified atom stereocenters. The molecule has 2 nitrogen and oxygen atoms in total. The van der Waals surface area contributed by atoms with Crippen LogP contribution in [0.4, 0.5) is 0 Å². The van der Waals surface area contributed by atoms with Crippen molar-refractivity contribution >= 4 is 40.9 Å². The lowest BCUT2D eigenvalue weighted by Crippen LogP contribution is -2.28. The van der Waals surface area contributed by atoms with Crippen LogP contribution in [0.3, 0.4) is 0 Å². The molecular formula is C21H23Cl2NOS. The smallest absolute Gasteiger partial charge is 0.230 e. The zero-order chi connectivity index (χ0) is 18.5. The molecule has 26 heavy (non-hydrogen) atoms. The monoisotopic (exact) mass is 407 g/mol. The van der Waals surface area contributed by atoms with Crippen LogP contribution in [-0.2, 0) is 23.4 Å². The van der Waals surface area contributed by atoms with Gasteiger partial charge in [-0.05, 0) is 67.0 Å². The van der Waals surface area contributed by atoms with Gasteiger partial charge in [-0.15, -0.1) is 11.8 Å². The number of carbonyl (C=O) groups is 1. The number of rotatable bonds is 6. The molecule has 2 aromatic carbocycles. The number of carbonyl (C=O) groups excluding carboxylic acids is 1. The Hall–Kier alpha value is -1.16. The summed E-state index contributed by atoms with van der Waals surface area (Å²) in [6.45, 7) is 2.04. The Labute approximate surface area is 169 Å². The molecule has 0 bridgehead atoms. The zero-order valence-corrected chi connectivity index (χ0v) is 17.2. The van der Waals surface area contributed by atoms with Crippen LogP contribution < -0.4 is 5.32 Å². The lowest BCUT2D eigenvalue weighted by atomic mass is 9.89. The Kier molecular flexibility index (Phi) is 6.91. The van der Waals surface area contributed by atoms with E-state index in [0.29, 0.717) is 21.6 Å². The number of amides is 1. The van der Waals surface area contributed by atoms with Crippen molar-refractivity contribution in [1.82, 2.24) is 5.32 Å². The second kappa shape index (κ2) is 9.16. The molecule has 0 saturated heterocycles. The maximum atomic E-state index is 12.3. The highest BCUT2D eigenvalue weighted by atomic mass is 35.5. The fourth-order valence-corrected chi connectivity index (χ4v) is 4.88. The van der Waals surface area contributed by atoms with Crippen LogP contribution in [0.5, 0.6) is 0 Å². The Bertz CT molecular complexity index is 773. The summed E-state index contributed by atoms with van der Waals surface area (Å²) in [6.07, 6.45) is 4.87. The summed E-state index contributed by atoms with van der Waals surface area (Å²) in [5.74, 6) is 1.04. The van der Waals surface area contributed by atoms with Crippen LogP contribution in [0.15, 0.2) is 36.4 Å². The van der Waals surface area contributed by atoms with Crippen molar-refractivity contribution in [2.24, 2.45) is 0 Å². The normalized spacial score (nSPS) is 14.6. The molecule has 1 atom stereocenters. The van der Waals surface area contributed by atoms with Gasteiger partial charge in [-0.1, -0.05) is 47.5 Å². The highest BCUT2D eigenvalue weighted by Gasteiger charge is 2.14. The number of halogens is 2. The highest BCUT2D eigenvalue weighted by molar-refractivity contribution is 7.99. The average molecular weight is 408 g/mol. The van der Waals surface area contributed by atoms with Gasteiger partial charge >= 0.3 is 0 Å². The van der Waals surface area contributed by atoms with Crippen molar-refractivity contribution in [3.63, 3.8) is 0 Å².